The van der Waals surface area contributed by atoms with Gasteiger partial charge in [-0.3, -0.25) is 14.8 Å². The molecule has 0 aliphatic rings. The Bertz CT molecular complexity index is 899. The van der Waals surface area contributed by atoms with Crippen molar-refractivity contribution in [1.29, 1.82) is 0 Å². The van der Waals surface area contributed by atoms with E-state index in [2.05, 4.69) is 9.97 Å². The van der Waals surface area contributed by atoms with Crippen molar-refractivity contribution in [2.24, 2.45) is 0 Å². The molecule has 4 aromatic heterocycles. The number of hydrogen-bond acceptors (Lipinski definition) is 5. The first-order valence-electron chi connectivity index (χ1n) is 9.19. The Morgan fingerprint density at radius 3 is 1.50 bits per heavy atom. The van der Waals surface area contributed by atoms with E-state index in [0.29, 0.717) is 24.4 Å². The zero-order valence-corrected chi connectivity index (χ0v) is 15.3. The molecule has 28 heavy (non-hydrogen) atoms. The van der Waals surface area contributed by atoms with E-state index in [0.717, 1.165) is 11.1 Å². The van der Waals surface area contributed by atoms with Crippen LogP contribution in [0.3, 0.4) is 0 Å². The predicted molar refractivity (Wildman–Crippen MR) is 104 cm³/mol. The largest absolute Gasteiger partial charge is 0.469 e. The lowest BCUT2D eigenvalue weighted by atomic mass is 9.82. The lowest BCUT2D eigenvalue weighted by Gasteiger charge is -2.20. The number of pyridine rings is 2. The number of rotatable bonds is 8. The summed E-state index contributed by atoms with van der Waals surface area (Å²) in [7, 11) is 0. The summed E-state index contributed by atoms with van der Waals surface area (Å²) in [5.74, 6) is 0.573. The molecule has 2 unspecified atom stereocenters. The quantitative estimate of drug-likeness (QED) is 0.453. The number of carbonyl (C=O) groups excluding carboxylic acids is 1. The third-order valence-corrected chi connectivity index (χ3v) is 4.84. The molecule has 0 saturated heterocycles. The molecule has 2 atom stereocenters. The molecule has 0 aliphatic carbocycles. The molecular formula is C23H20N2O3. The van der Waals surface area contributed by atoms with Crippen LogP contribution >= 0.6 is 0 Å². The van der Waals surface area contributed by atoms with Gasteiger partial charge in [-0.25, -0.2) is 0 Å². The van der Waals surface area contributed by atoms with Crippen LogP contribution in [0, 0.1) is 0 Å². The van der Waals surface area contributed by atoms with Crippen molar-refractivity contribution in [3.8, 4) is 0 Å². The minimum atomic E-state index is -0.408. The van der Waals surface area contributed by atoms with Crippen LogP contribution in [0.15, 0.2) is 94.7 Å². The zero-order chi connectivity index (χ0) is 19.2. The fourth-order valence-corrected chi connectivity index (χ4v) is 3.41. The number of hydrogen-bond donors (Lipinski definition) is 0. The molecule has 5 nitrogen and oxygen atoms in total. The van der Waals surface area contributed by atoms with Gasteiger partial charge in [0.25, 0.3) is 0 Å². The van der Waals surface area contributed by atoms with Gasteiger partial charge in [0, 0.05) is 24.8 Å². The maximum atomic E-state index is 13.7. The van der Waals surface area contributed by atoms with Gasteiger partial charge >= 0.3 is 0 Å². The standard InChI is InChI=1S/C23H20N2O3/c26-23(19(21-3-1-13-27-21)15-17-5-9-24-10-6-17)20(22-4-2-14-28-22)16-18-7-11-25-12-8-18/h1-14,19-20H,15-16H2. The molecule has 4 rings (SSSR count). The summed E-state index contributed by atoms with van der Waals surface area (Å²) in [5, 5.41) is 0. The number of ketones is 1. The van der Waals surface area contributed by atoms with E-state index in [9.17, 15) is 4.79 Å². The number of aromatic nitrogens is 2. The van der Waals surface area contributed by atoms with Gasteiger partial charge in [0.05, 0.1) is 24.4 Å². The summed E-state index contributed by atoms with van der Waals surface area (Å²) < 4.78 is 11.3. The van der Waals surface area contributed by atoms with Crippen LogP contribution in [0.25, 0.3) is 0 Å². The van der Waals surface area contributed by atoms with Gasteiger partial charge in [0.2, 0.25) is 0 Å². The number of Topliss-reactive ketones (excluding diaryl/α,β-unsaturated/α-hetero) is 1. The molecule has 0 bridgehead atoms. The van der Waals surface area contributed by atoms with Crippen LogP contribution in [-0.4, -0.2) is 15.8 Å². The summed E-state index contributed by atoms with van der Waals surface area (Å²) in [4.78, 5) is 21.8. The van der Waals surface area contributed by atoms with Crippen molar-refractivity contribution < 1.29 is 13.6 Å². The van der Waals surface area contributed by atoms with E-state index in [4.69, 9.17) is 8.83 Å². The Kier molecular flexibility index (Phi) is 5.43. The average Bonchev–Trinajstić information content (AvgIpc) is 3.46. The Labute approximate surface area is 163 Å². The van der Waals surface area contributed by atoms with Crippen LogP contribution in [0.1, 0.15) is 34.5 Å². The third kappa shape index (κ3) is 4.09. The zero-order valence-electron chi connectivity index (χ0n) is 15.3. The second kappa shape index (κ2) is 8.48. The summed E-state index contributed by atoms with van der Waals surface area (Å²) >= 11 is 0. The van der Waals surface area contributed by atoms with Gasteiger partial charge < -0.3 is 8.83 Å². The van der Waals surface area contributed by atoms with Crippen molar-refractivity contribution in [2.45, 2.75) is 24.7 Å². The molecule has 4 aromatic rings. The highest BCUT2D eigenvalue weighted by Gasteiger charge is 2.33. The van der Waals surface area contributed by atoms with Gasteiger partial charge in [-0.15, -0.1) is 0 Å². The first-order valence-corrected chi connectivity index (χ1v) is 9.19. The van der Waals surface area contributed by atoms with E-state index in [-0.39, 0.29) is 5.78 Å². The van der Waals surface area contributed by atoms with Crippen molar-refractivity contribution in [3.05, 3.63) is 108 Å². The molecule has 0 amide bonds. The second-order valence-corrected chi connectivity index (χ2v) is 6.66. The number of nitrogens with zero attached hydrogens (tertiary/aromatic N) is 2. The summed E-state index contributed by atoms with van der Waals surface area (Å²) in [6.45, 7) is 0. The van der Waals surface area contributed by atoms with Crippen molar-refractivity contribution >= 4 is 5.78 Å². The first-order chi connectivity index (χ1) is 13.8. The molecule has 0 aliphatic heterocycles. The van der Waals surface area contributed by atoms with Crippen molar-refractivity contribution in [3.63, 3.8) is 0 Å². The molecule has 0 saturated carbocycles. The lowest BCUT2D eigenvalue weighted by molar-refractivity contribution is -0.122. The molecule has 0 radical (unpaired) electrons. The Morgan fingerprint density at radius 1 is 0.714 bits per heavy atom. The lowest BCUT2D eigenvalue weighted by Crippen LogP contribution is -2.24. The van der Waals surface area contributed by atoms with Gasteiger partial charge in [0.15, 0.2) is 5.78 Å². The highest BCUT2D eigenvalue weighted by atomic mass is 16.3. The Balaban J connectivity index is 1.67. The van der Waals surface area contributed by atoms with E-state index in [1.54, 1.807) is 37.3 Å². The molecule has 5 heteroatoms. The highest BCUT2D eigenvalue weighted by molar-refractivity contribution is 5.91. The third-order valence-electron chi connectivity index (χ3n) is 4.84. The van der Waals surface area contributed by atoms with Crippen LogP contribution < -0.4 is 0 Å². The molecule has 140 valence electrons. The molecule has 0 aromatic carbocycles. The van der Waals surface area contributed by atoms with E-state index in [1.165, 1.54) is 0 Å². The fraction of sp³-hybridized carbons (Fsp3) is 0.174. The van der Waals surface area contributed by atoms with Crippen LogP contribution in [0.2, 0.25) is 0 Å². The average molecular weight is 372 g/mol. The molecule has 0 N–H and O–H groups in total. The maximum absolute atomic E-state index is 13.7. The van der Waals surface area contributed by atoms with Crippen LogP contribution in [0.4, 0.5) is 0 Å². The maximum Gasteiger partial charge on any atom is 0.154 e. The van der Waals surface area contributed by atoms with Gasteiger partial charge in [-0.2, -0.15) is 0 Å². The van der Waals surface area contributed by atoms with E-state index >= 15 is 0 Å². The monoisotopic (exact) mass is 372 g/mol. The second-order valence-electron chi connectivity index (χ2n) is 6.66. The molecule has 0 fully saturated rings. The topological polar surface area (TPSA) is 69.1 Å². The molecule has 0 spiro atoms. The molecule has 4 heterocycles. The Hall–Kier alpha value is -3.47. The minimum Gasteiger partial charge on any atom is -0.469 e. The summed E-state index contributed by atoms with van der Waals surface area (Å²) in [6, 6.07) is 15.0. The number of furan rings is 2. The normalized spacial score (nSPS) is 13.1. The van der Waals surface area contributed by atoms with Crippen molar-refractivity contribution in [1.82, 2.24) is 9.97 Å². The summed E-state index contributed by atoms with van der Waals surface area (Å²) in [6.07, 6.45) is 11.2. The highest BCUT2D eigenvalue weighted by Crippen LogP contribution is 2.32. The van der Waals surface area contributed by atoms with E-state index < -0.39 is 11.8 Å². The van der Waals surface area contributed by atoms with Crippen LogP contribution in [0.5, 0.6) is 0 Å². The first kappa shape index (κ1) is 17.9. The SMILES string of the molecule is O=C(C(Cc1ccncc1)c1ccco1)C(Cc1ccncc1)c1ccco1. The van der Waals surface area contributed by atoms with Crippen molar-refractivity contribution in [2.75, 3.05) is 0 Å². The van der Waals surface area contributed by atoms with Gasteiger partial charge in [0.1, 0.15) is 11.5 Å². The van der Waals surface area contributed by atoms with E-state index in [1.807, 2.05) is 48.5 Å². The predicted octanol–water partition coefficient (Wildman–Crippen LogP) is 4.58. The summed E-state index contributed by atoms with van der Waals surface area (Å²) in [5.41, 5.74) is 2.07. The number of carbonyl (C=O) groups is 1. The fourth-order valence-electron chi connectivity index (χ4n) is 3.41. The Morgan fingerprint density at radius 2 is 1.14 bits per heavy atom. The van der Waals surface area contributed by atoms with Crippen LogP contribution in [-0.2, 0) is 17.6 Å². The molecular weight excluding hydrogens is 352 g/mol. The van der Waals surface area contributed by atoms with Gasteiger partial charge in [-0.1, -0.05) is 0 Å². The minimum absolute atomic E-state index is 0.0681. The smallest absolute Gasteiger partial charge is 0.154 e. The van der Waals surface area contributed by atoms with Gasteiger partial charge in [-0.05, 0) is 72.5 Å².